The van der Waals surface area contributed by atoms with Gasteiger partial charge in [0.05, 0.1) is 11.7 Å². The second-order valence-electron chi connectivity index (χ2n) is 7.24. The Kier molecular flexibility index (Phi) is 6.93. The number of aromatic nitrogens is 2. The van der Waals surface area contributed by atoms with Crippen LogP contribution in [0.25, 0.3) is 0 Å². The number of carboxylic acid groups (broad SMARTS) is 1. The van der Waals surface area contributed by atoms with Crippen LogP contribution in [0, 0.1) is 0 Å². The summed E-state index contributed by atoms with van der Waals surface area (Å²) in [5.74, 6) is -2.33. The van der Waals surface area contributed by atoms with E-state index in [-0.39, 0.29) is 28.8 Å². The number of oxime groups is 1. The fourth-order valence-corrected chi connectivity index (χ4v) is 5.40. The third kappa shape index (κ3) is 4.65. The summed E-state index contributed by atoms with van der Waals surface area (Å²) >= 11 is 2.48. The summed E-state index contributed by atoms with van der Waals surface area (Å²) in [5, 5.41) is 19.5. The smallest absolute Gasteiger partial charge is 0.276 e. The summed E-state index contributed by atoms with van der Waals surface area (Å²) in [6, 6.07) is 4.55. The first-order valence-corrected chi connectivity index (χ1v) is 12.0. The Balaban J connectivity index is 1.53. The van der Waals surface area contributed by atoms with Crippen LogP contribution >= 0.6 is 23.1 Å². The van der Waals surface area contributed by atoms with Crippen molar-refractivity contribution in [1.82, 2.24) is 15.2 Å². The van der Waals surface area contributed by atoms with E-state index in [9.17, 15) is 19.5 Å². The lowest BCUT2D eigenvalue weighted by molar-refractivity contribution is -0.689. The zero-order valence-corrected chi connectivity index (χ0v) is 19.4. The number of rotatable bonds is 9. The summed E-state index contributed by atoms with van der Waals surface area (Å²) < 4.78 is 1.81. The molecule has 0 spiro atoms. The van der Waals surface area contributed by atoms with E-state index in [1.807, 2.05) is 22.8 Å². The molecule has 2 aromatic heterocycles. The molecule has 4 heterocycles. The highest BCUT2D eigenvalue weighted by atomic mass is 32.2. The monoisotopic (exact) mass is 500 g/mol. The second kappa shape index (κ2) is 10.1. The maximum absolute atomic E-state index is 12.9. The summed E-state index contributed by atoms with van der Waals surface area (Å²) in [5.41, 5.74) is 6.09. The highest BCUT2D eigenvalue weighted by Gasteiger charge is 2.53. The van der Waals surface area contributed by atoms with Crippen LogP contribution in [0.3, 0.4) is 0 Å². The van der Waals surface area contributed by atoms with Gasteiger partial charge in [-0.3, -0.25) is 14.5 Å². The molecule has 2 atom stereocenters. The molecular formula is C21H20N6O5S2. The third-order valence-corrected chi connectivity index (χ3v) is 7.02. The van der Waals surface area contributed by atoms with Gasteiger partial charge in [0.1, 0.15) is 23.7 Å². The van der Waals surface area contributed by atoms with Gasteiger partial charge in [-0.2, -0.15) is 0 Å². The topological polar surface area (TPSA) is 154 Å². The zero-order valence-electron chi connectivity index (χ0n) is 17.7. The molecule has 0 radical (unpaired) electrons. The van der Waals surface area contributed by atoms with E-state index in [1.165, 1.54) is 22.7 Å². The average Bonchev–Trinajstić information content (AvgIpc) is 3.26. The predicted octanol–water partition coefficient (Wildman–Crippen LogP) is -0.976. The van der Waals surface area contributed by atoms with Gasteiger partial charge in [0.2, 0.25) is 0 Å². The highest BCUT2D eigenvalue weighted by Crippen LogP contribution is 2.40. The van der Waals surface area contributed by atoms with E-state index >= 15 is 0 Å². The van der Waals surface area contributed by atoms with Gasteiger partial charge in [-0.15, -0.1) is 23.1 Å². The van der Waals surface area contributed by atoms with Gasteiger partial charge >= 0.3 is 0 Å². The molecule has 0 bridgehead atoms. The van der Waals surface area contributed by atoms with E-state index in [2.05, 4.69) is 22.0 Å². The number of carbonyl (C=O) groups excluding carboxylic acids is 3. The number of carbonyl (C=O) groups is 3. The minimum absolute atomic E-state index is 0.0625. The Morgan fingerprint density at radius 1 is 1.41 bits per heavy atom. The lowest BCUT2D eigenvalue weighted by Crippen LogP contribution is -2.71. The number of hydrogen-bond acceptors (Lipinski definition) is 10. The Bertz CT molecular complexity index is 1200. The van der Waals surface area contributed by atoms with Crippen LogP contribution in [0.2, 0.25) is 0 Å². The van der Waals surface area contributed by atoms with E-state index in [1.54, 1.807) is 17.8 Å². The second-order valence-corrected chi connectivity index (χ2v) is 9.24. The summed E-state index contributed by atoms with van der Waals surface area (Å²) in [6.07, 6.45) is 5.07. The predicted molar refractivity (Wildman–Crippen MR) is 123 cm³/mol. The largest absolute Gasteiger partial charge is 0.543 e. The van der Waals surface area contributed by atoms with Crippen molar-refractivity contribution < 1.29 is 28.9 Å². The number of nitrogens with two attached hydrogens (primary N) is 1. The molecule has 2 aliphatic rings. The van der Waals surface area contributed by atoms with Crippen LogP contribution in [0.4, 0.5) is 5.13 Å². The number of pyridine rings is 1. The van der Waals surface area contributed by atoms with Crippen LogP contribution in [-0.4, -0.2) is 57.2 Å². The molecular weight excluding hydrogens is 480 g/mol. The molecule has 3 N–H and O–H groups in total. The number of carboxylic acids is 1. The summed E-state index contributed by atoms with van der Waals surface area (Å²) in [7, 11) is 0. The normalized spacial score (nSPS) is 19.8. The number of fused-ring (bicyclic) bond motifs is 1. The van der Waals surface area contributed by atoms with Crippen molar-refractivity contribution in [3.63, 3.8) is 0 Å². The van der Waals surface area contributed by atoms with Crippen LogP contribution in [-0.2, 0) is 25.8 Å². The lowest BCUT2D eigenvalue weighted by atomic mass is 10.0. The molecule has 1 saturated heterocycles. The number of nitrogen functional groups attached to an aromatic ring is 1. The number of nitrogens with one attached hydrogen (secondary N) is 1. The van der Waals surface area contributed by atoms with E-state index in [4.69, 9.17) is 10.6 Å². The summed E-state index contributed by atoms with van der Waals surface area (Å²) in [6.45, 7) is 3.88. The molecule has 4 rings (SSSR count). The van der Waals surface area contributed by atoms with Gasteiger partial charge in [0.15, 0.2) is 29.8 Å². The molecule has 2 aliphatic heterocycles. The minimum Gasteiger partial charge on any atom is -0.543 e. The van der Waals surface area contributed by atoms with Crippen molar-refractivity contribution >= 4 is 51.7 Å². The van der Waals surface area contributed by atoms with Crippen molar-refractivity contribution in [2.75, 3.05) is 18.1 Å². The van der Waals surface area contributed by atoms with E-state index < -0.39 is 29.2 Å². The van der Waals surface area contributed by atoms with Crippen molar-refractivity contribution in [1.29, 1.82) is 0 Å². The van der Waals surface area contributed by atoms with Gasteiger partial charge in [-0.1, -0.05) is 23.9 Å². The molecule has 176 valence electrons. The van der Waals surface area contributed by atoms with Crippen molar-refractivity contribution in [2.45, 2.75) is 18.0 Å². The molecule has 0 aliphatic carbocycles. The fourth-order valence-electron chi connectivity index (χ4n) is 3.52. The van der Waals surface area contributed by atoms with Gasteiger partial charge in [-0.05, 0) is 0 Å². The molecule has 34 heavy (non-hydrogen) atoms. The lowest BCUT2D eigenvalue weighted by Gasteiger charge is -2.50. The number of amides is 2. The van der Waals surface area contributed by atoms with E-state index in [0.29, 0.717) is 17.9 Å². The zero-order chi connectivity index (χ0) is 24.2. The van der Waals surface area contributed by atoms with Gasteiger partial charge < -0.3 is 25.8 Å². The Morgan fingerprint density at radius 3 is 2.82 bits per heavy atom. The van der Waals surface area contributed by atoms with E-state index in [0.717, 1.165) is 11.3 Å². The molecule has 0 aromatic carbocycles. The molecule has 2 amide bonds. The van der Waals surface area contributed by atoms with Crippen LogP contribution < -0.4 is 20.7 Å². The molecule has 0 saturated carbocycles. The first-order chi connectivity index (χ1) is 16.4. The standard InChI is InChI=1S/C21H20N6O5S2/c1-2-8-32-25-14(13-11-34-21(22)23-13)17(28)24-15-18(29)27-16(20(30)31)12(10-33-19(15)27)9-26-6-4-3-5-7-26/h2-7,11,15,19H,1,8-10H2,(H3-,22,23,24,28,30,31)/b25-14+/t15?,19-/m1/s1. The highest BCUT2D eigenvalue weighted by molar-refractivity contribution is 8.00. The van der Waals surface area contributed by atoms with Crippen molar-refractivity contribution in [2.24, 2.45) is 5.16 Å². The number of anilines is 1. The van der Waals surface area contributed by atoms with Gasteiger partial charge in [0, 0.05) is 28.8 Å². The quantitative estimate of drug-likeness (QED) is 0.111. The number of hydrogen-bond donors (Lipinski definition) is 2. The number of thiazole rings is 1. The third-order valence-electron chi connectivity index (χ3n) is 5.01. The van der Waals surface area contributed by atoms with Crippen LogP contribution in [0.1, 0.15) is 5.69 Å². The number of thioether (sulfide) groups is 1. The Labute approximate surface area is 202 Å². The molecule has 1 unspecified atom stereocenters. The molecule has 13 heteroatoms. The number of aliphatic carboxylic acids is 1. The molecule has 2 aromatic rings. The fraction of sp³-hybridized carbons (Fsp3) is 0.238. The average molecular weight is 501 g/mol. The first-order valence-electron chi connectivity index (χ1n) is 10.1. The number of nitrogens with zero attached hydrogens (tertiary/aromatic N) is 4. The maximum atomic E-state index is 12.9. The number of β-lactam (4-membered cyclic amide) rings is 1. The molecule has 1 fully saturated rings. The SMILES string of the molecule is C=CCO/N=C(/C(=O)NC1C(=O)N2C(C(=O)[O-])=C(C[n+]3ccccc3)CS[C@H]12)c1csc(N)n1. The van der Waals surface area contributed by atoms with Crippen LogP contribution in [0.15, 0.2) is 65.1 Å². The maximum Gasteiger partial charge on any atom is 0.276 e. The van der Waals surface area contributed by atoms with Crippen molar-refractivity contribution in [3.05, 3.63) is 65.6 Å². The Morgan fingerprint density at radius 2 is 2.18 bits per heavy atom. The van der Waals surface area contributed by atoms with Crippen LogP contribution in [0.5, 0.6) is 0 Å². The molecule has 11 nitrogen and oxygen atoms in total. The Hall–Kier alpha value is -3.71. The first kappa shape index (κ1) is 23.4. The minimum atomic E-state index is -1.44. The summed E-state index contributed by atoms with van der Waals surface area (Å²) in [4.78, 5) is 48.1. The van der Waals surface area contributed by atoms with Gasteiger partial charge in [0.25, 0.3) is 11.8 Å². The van der Waals surface area contributed by atoms with Gasteiger partial charge in [-0.25, -0.2) is 9.55 Å². The van der Waals surface area contributed by atoms with Crippen molar-refractivity contribution in [3.8, 4) is 0 Å².